The second-order valence-corrected chi connectivity index (χ2v) is 2.71. The molecule has 0 saturated heterocycles. The van der Waals surface area contributed by atoms with Crippen LogP contribution in [0.2, 0.25) is 0 Å². The van der Waals surface area contributed by atoms with E-state index in [0.717, 1.165) is 0 Å². The van der Waals surface area contributed by atoms with E-state index in [1.807, 2.05) is 0 Å². The second-order valence-electron chi connectivity index (χ2n) is 2.71. The predicted octanol–water partition coefficient (Wildman–Crippen LogP) is -0.412. The molecule has 13 heavy (non-hydrogen) atoms. The number of aliphatic hydroxyl groups is 3. The first-order chi connectivity index (χ1) is 5.61. The van der Waals surface area contributed by atoms with Crippen LogP contribution in [0.5, 0.6) is 0 Å². The molecule has 0 saturated carbocycles. The van der Waals surface area contributed by atoms with E-state index in [2.05, 4.69) is 6.58 Å². The minimum atomic E-state index is -0.806. The van der Waals surface area contributed by atoms with Crippen molar-refractivity contribution in [2.75, 3.05) is 19.7 Å². The number of hydrogen-bond acceptors (Lipinski definition) is 4. The Bertz CT molecular complexity index is 133. The van der Waals surface area contributed by atoms with Crippen LogP contribution in [0.25, 0.3) is 0 Å². The van der Waals surface area contributed by atoms with Crippen LogP contribution in [0.15, 0.2) is 12.7 Å². The summed E-state index contributed by atoms with van der Waals surface area (Å²) in [5, 5.41) is 26.8. The fraction of sp³-hybridized carbons (Fsp3) is 0.750. The summed E-state index contributed by atoms with van der Waals surface area (Å²) >= 11 is 0. The van der Waals surface area contributed by atoms with Crippen molar-refractivity contribution in [1.82, 2.24) is 4.90 Å². The molecule has 0 heterocycles. The van der Waals surface area contributed by atoms with Gasteiger partial charge in [0.25, 0.3) is 0 Å². The summed E-state index contributed by atoms with van der Waals surface area (Å²) < 4.78 is 0. The van der Waals surface area contributed by atoms with Crippen LogP contribution in [0.4, 0.5) is 0 Å². The standard InChI is InChI=1S/C8H17NO3.ClH/c1-3-4-9(7(2)11)5-8(12)6-10;/h3,7-8,10-12H,1,4-6H2,2H3;1H. The average molecular weight is 212 g/mol. The first-order valence-corrected chi connectivity index (χ1v) is 3.93. The highest BCUT2D eigenvalue weighted by molar-refractivity contribution is 5.85. The minimum Gasteiger partial charge on any atom is -0.394 e. The second kappa shape index (κ2) is 8.47. The van der Waals surface area contributed by atoms with Crippen LogP contribution in [0.1, 0.15) is 6.92 Å². The van der Waals surface area contributed by atoms with Crippen LogP contribution >= 0.6 is 12.4 Å². The van der Waals surface area contributed by atoms with E-state index in [9.17, 15) is 5.11 Å². The Kier molecular flexibility index (Phi) is 10.00. The van der Waals surface area contributed by atoms with Crippen molar-refractivity contribution in [3.05, 3.63) is 12.7 Å². The van der Waals surface area contributed by atoms with Crippen molar-refractivity contribution >= 4 is 12.4 Å². The Labute approximate surface area is 84.9 Å². The molecule has 0 aliphatic carbocycles. The Morgan fingerprint density at radius 1 is 1.46 bits per heavy atom. The fourth-order valence-corrected chi connectivity index (χ4v) is 0.874. The lowest BCUT2D eigenvalue weighted by Gasteiger charge is -2.25. The van der Waals surface area contributed by atoms with Gasteiger partial charge in [0.05, 0.1) is 12.7 Å². The summed E-state index contributed by atoms with van der Waals surface area (Å²) in [4.78, 5) is 1.61. The largest absolute Gasteiger partial charge is 0.394 e. The smallest absolute Gasteiger partial charge is 0.104 e. The molecule has 0 aromatic carbocycles. The van der Waals surface area contributed by atoms with Gasteiger partial charge in [-0.15, -0.1) is 19.0 Å². The highest BCUT2D eigenvalue weighted by Gasteiger charge is 2.13. The zero-order valence-electron chi connectivity index (χ0n) is 7.76. The molecule has 0 fully saturated rings. The molecule has 5 heteroatoms. The van der Waals surface area contributed by atoms with Crippen molar-refractivity contribution < 1.29 is 15.3 Å². The minimum absolute atomic E-state index is 0. The summed E-state index contributed by atoms with van der Waals surface area (Å²) in [6, 6.07) is 0. The van der Waals surface area contributed by atoms with E-state index >= 15 is 0 Å². The number of hydrogen-bond donors (Lipinski definition) is 3. The van der Waals surface area contributed by atoms with Crippen molar-refractivity contribution in [3.63, 3.8) is 0 Å². The molecule has 0 amide bonds. The van der Waals surface area contributed by atoms with E-state index in [4.69, 9.17) is 10.2 Å². The summed E-state index contributed by atoms with van der Waals surface area (Å²) in [6.07, 6.45) is 0.195. The lowest BCUT2D eigenvalue weighted by atomic mass is 10.3. The Morgan fingerprint density at radius 2 is 2.00 bits per heavy atom. The van der Waals surface area contributed by atoms with E-state index in [1.54, 1.807) is 17.9 Å². The van der Waals surface area contributed by atoms with Crippen LogP contribution in [-0.2, 0) is 0 Å². The summed E-state index contributed by atoms with van der Waals surface area (Å²) in [5.74, 6) is 0. The van der Waals surface area contributed by atoms with Gasteiger partial charge in [0.1, 0.15) is 6.23 Å². The molecule has 80 valence electrons. The Hall–Kier alpha value is -0.130. The summed E-state index contributed by atoms with van der Waals surface area (Å²) in [6.45, 7) is 5.58. The molecule has 2 unspecified atom stereocenters. The Balaban J connectivity index is 0. The average Bonchev–Trinajstić information content (AvgIpc) is 2.03. The molecule has 0 aromatic rings. The van der Waals surface area contributed by atoms with Gasteiger partial charge in [-0.25, -0.2) is 0 Å². The Morgan fingerprint density at radius 3 is 2.31 bits per heavy atom. The van der Waals surface area contributed by atoms with Gasteiger partial charge in [-0.3, -0.25) is 4.90 Å². The molecule has 2 atom stereocenters. The number of halogens is 1. The summed E-state index contributed by atoms with van der Waals surface area (Å²) in [5.41, 5.74) is 0. The van der Waals surface area contributed by atoms with Crippen LogP contribution < -0.4 is 0 Å². The number of aliphatic hydroxyl groups excluding tert-OH is 3. The molecule has 0 bridgehead atoms. The van der Waals surface area contributed by atoms with Gasteiger partial charge in [0, 0.05) is 13.1 Å². The molecule has 4 nitrogen and oxygen atoms in total. The van der Waals surface area contributed by atoms with E-state index in [1.165, 1.54) is 0 Å². The van der Waals surface area contributed by atoms with Crippen molar-refractivity contribution in [3.8, 4) is 0 Å². The van der Waals surface area contributed by atoms with Crippen LogP contribution in [0.3, 0.4) is 0 Å². The maximum absolute atomic E-state index is 9.17. The van der Waals surface area contributed by atoms with Gasteiger partial charge in [0.2, 0.25) is 0 Å². The molecule has 0 aliphatic rings. The molecule has 0 aliphatic heterocycles. The number of nitrogens with zero attached hydrogens (tertiary/aromatic N) is 1. The van der Waals surface area contributed by atoms with Gasteiger partial charge in [-0.2, -0.15) is 0 Å². The zero-order valence-corrected chi connectivity index (χ0v) is 8.57. The lowest BCUT2D eigenvalue weighted by molar-refractivity contribution is -0.0162. The first kappa shape index (κ1) is 15.3. The molecule has 0 aromatic heterocycles. The quantitative estimate of drug-likeness (QED) is 0.413. The third kappa shape index (κ3) is 6.98. The lowest BCUT2D eigenvalue weighted by Crippen LogP contribution is -2.40. The molecular weight excluding hydrogens is 194 g/mol. The van der Waals surface area contributed by atoms with E-state index in [-0.39, 0.29) is 25.6 Å². The highest BCUT2D eigenvalue weighted by Crippen LogP contribution is 1.97. The van der Waals surface area contributed by atoms with Gasteiger partial charge >= 0.3 is 0 Å². The van der Waals surface area contributed by atoms with Crippen LogP contribution in [-0.4, -0.2) is 52.2 Å². The third-order valence-electron chi connectivity index (χ3n) is 1.55. The molecule has 0 spiro atoms. The van der Waals surface area contributed by atoms with Gasteiger partial charge in [0.15, 0.2) is 0 Å². The molecule has 3 N–H and O–H groups in total. The maximum atomic E-state index is 9.17. The number of rotatable bonds is 6. The van der Waals surface area contributed by atoms with E-state index < -0.39 is 12.3 Å². The zero-order chi connectivity index (χ0) is 9.56. The summed E-state index contributed by atoms with van der Waals surface area (Å²) in [7, 11) is 0. The topological polar surface area (TPSA) is 63.9 Å². The van der Waals surface area contributed by atoms with Gasteiger partial charge in [-0.05, 0) is 6.92 Å². The van der Waals surface area contributed by atoms with E-state index in [0.29, 0.717) is 6.54 Å². The van der Waals surface area contributed by atoms with Crippen molar-refractivity contribution in [2.24, 2.45) is 0 Å². The monoisotopic (exact) mass is 211 g/mol. The normalized spacial score (nSPS) is 14.8. The maximum Gasteiger partial charge on any atom is 0.104 e. The SMILES string of the molecule is C=CCN(CC(O)CO)C(C)O.Cl. The molecule has 0 rings (SSSR count). The van der Waals surface area contributed by atoms with Gasteiger partial charge in [-0.1, -0.05) is 6.08 Å². The predicted molar refractivity (Wildman–Crippen MR) is 53.8 cm³/mol. The van der Waals surface area contributed by atoms with Crippen molar-refractivity contribution in [1.29, 1.82) is 0 Å². The van der Waals surface area contributed by atoms with Crippen molar-refractivity contribution in [2.45, 2.75) is 19.3 Å². The van der Waals surface area contributed by atoms with Crippen LogP contribution in [0, 0.1) is 0 Å². The van der Waals surface area contributed by atoms with Gasteiger partial charge < -0.3 is 15.3 Å². The third-order valence-corrected chi connectivity index (χ3v) is 1.55. The highest BCUT2D eigenvalue weighted by atomic mass is 35.5. The fourth-order valence-electron chi connectivity index (χ4n) is 0.874. The molecular formula is C8H18ClNO3. The molecule has 0 radical (unpaired) electrons. The first-order valence-electron chi connectivity index (χ1n) is 3.93.